The standard InChI is InChI=1S/C21H32N2O/c1-4-12-21(24-20-10-2-3-11-20)18(8-1)16-22-13-7-9-19(17-22)23-14-5-6-15-23/h1,4,8,12,19-20H,2-3,5-7,9-11,13-17H2/t19-/m0/s1. The number of hydrogen-bond acceptors (Lipinski definition) is 3. The molecule has 3 fully saturated rings. The normalized spacial score (nSPS) is 26.9. The smallest absolute Gasteiger partial charge is 0.124 e. The van der Waals surface area contributed by atoms with E-state index < -0.39 is 0 Å². The molecule has 132 valence electrons. The van der Waals surface area contributed by atoms with Gasteiger partial charge in [0.1, 0.15) is 5.75 Å². The van der Waals surface area contributed by atoms with Crippen LogP contribution in [0.15, 0.2) is 24.3 Å². The molecular weight excluding hydrogens is 296 g/mol. The van der Waals surface area contributed by atoms with Crippen molar-refractivity contribution in [2.24, 2.45) is 0 Å². The van der Waals surface area contributed by atoms with E-state index in [0.29, 0.717) is 6.10 Å². The van der Waals surface area contributed by atoms with Crippen LogP contribution in [-0.2, 0) is 6.54 Å². The Hall–Kier alpha value is -1.06. The molecule has 1 aromatic carbocycles. The average Bonchev–Trinajstić information content (AvgIpc) is 3.30. The van der Waals surface area contributed by atoms with Crippen molar-refractivity contribution >= 4 is 0 Å². The van der Waals surface area contributed by atoms with E-state index in [1.807, 2.05) is 0 Å². The molecule has 0 unspecified atom stereocenters. The predicted octanol–water partition coefficient (Wildman–Crippen LogP) is 4.07. The number of nitrogens with zero attached hydrogens (tertiary/aromatic N) is 2. The maximum absolute atomic E-state index is 6.34. The van der Waals surface area contributed by atoms with Crippen molar-refractivity contribution in [2.45, 2.75) is 70.1 Å². The van der Waals surface area contributed by atoms with E-state index in [1.54, 1.807) is 0 Å². The Kier molecular flexibility index (Phi) is 5.39. The monoisotopic (exact) mass is 328 g/mol. The van der Waals surface area contributed by atoms with E-state index in [0.717, 1.165) is 18.3 Å². The summed E-state index contributed by atoms with van der Waals surface area (Å²) in [5, 5.41) is 0. The van der Waals surface area contributed by atoms with Gasteiger partial charge in [-0.15, -0.1) is 0 Å². The quantitative estimate of drug-likeness (QED) is 0.810. The van der Waals surface area contributed by atoms with Crippen LogP contribution in [0.1, 0.15) is 56.9 Å². The summed E-state index contributed by atoms with van der Waals surface area (Å²) in [6, 6.07) is 9.51. The van der Waals surface area contributed by atoms with Crippen molar-refractivity contribution in [2.75, 3.05) is 26.2 Å². The van der Waals surface area contributed by atoms with E-state index in [9.17, 15) is 0 Å². The van der Waals surface area contributed by atoms with Gasteiger partial charge in [-0.3, -0.25) is 9.80 Å². The highest BCUT2D eigenvalue weighted by molar-refractivity contribution is 5.33. The lowest BCUT2D eigenvalue weighted by molar-refractivity contribution is 0.109. The third kappa shape index (κ3) is 3.94. The summed E-state index contributed by atoms with van der Waals surface area (Å²) in [5.74, 6) is 1.13. The molecule has 1 aromatic rings. The van der Waals surface area contributed by atoms with Crippen molar-refractivity contribution < 1.29 is 4.74 Å². The summed E-state index contributed by atoms with van der Waals surface area (Å²) < 4.78 is 6.34. The van der Waals surface area contributed by atoms with Crippen LogP contribution in [0.4, 0.5) is 0 Å². The summed E-state index contributed by atoms with van der Waals surface area (Å²) in [6.45, 7) is 6.16. The average molecular weight is 329 g/mol. The minimum atomic E-state index is 0.449. The Balaban J connectivity index is 1.38. The number of likely N-dealkylation sites (tertiary alicyclic amines) is 2. The molecule has 0 bridgehead atoms. The summed E-state index contributed by atoms with van der Waals surface area (Å²) in [4.78, 5) is 5.39. The van der Waals surface area contributed by atoms with E-state index in [2.05, 4.69) is 34.1 Å². The molecule has 24 heavy (non-hydrogen) atoms. The maximum atomic E-state index is 6.34. The molecule has 1 aliphatic carbocycles. The van der Waals surface area contributed by atoms with Gasteiger partial charge in [-0.25, -0.2) is 0 Å². The fourth-order valence-corrected chi connectivity index (χ4v) is 4.76. The molecule has 0 aromatic heterocycles. The zero-order valence-corrected chi connectivity index (χ0v) is 15.0. The highest BCUT2D eigenvalue weighted by Crippen LogP contribution is 2.28. The van der Waals surface area contributed by atoms with Gasteiger partial charge in [0.2, 0.25) is 0 Å². The second kappa shape index (κ2) is 7.88. The van der Waals surface area contributed by atoms with Gasteiger partial charge >= 0.3 is 0 Å². The molecule has 2 aliphatic heterocycles. The number of ether oxygens (including phenoxy) is 1. The first-order valence-corrected chi connectivity index (χ1v) is 10.1. The zero-order valence-electron chi connectivity index (χ0n) is 15.0. The lowest BCUT2D eigenvalue weighted by Gasteiger charge is -2.37. The molecule has 0 radical (unpaired) electrons. The van der Waals surface area contributed by atoms with E-state index >= 15 is 0 Å². The van der Waals surface area contributed by atoms with Gasteiger partial charge < -0.3 is 4.74 Å². The van der Waals surface area contributed by atoms with Gasteiger partial charge in [0.15, 0.2) is 0 Å². The molecular formula is C21H32N2O. The largest absolute Gasteiger partial charge is 0.490 e. The second-order valence-electron chi connectivity index (χ2n) is 7.91. The van der Waals surface area contributed by atoms with Gasteiger partial charge in [-0.1, -0.05) is 18.2 Å². The molecule has 1 atom stereocenters. The summed E-state index contributed by atoms with van der Waals surface area (Å²) in [5.41, 5.74) is 1.38. The number of para-hydroxylation sites is 1. The molecule has 4 rings (SSSR count). The fourth-order valence-electron chi connectivity index (χ4n) is 4.76. The van der Waals surface area contributed by atoms with Gasteiger partial charge in [-0.05, 0) is 77.1 Å². The van der Waals surface area contributed by atoms with Crippen molar-refractivity contribution in [3.05, 3.63) is 29.8 Å². The highest BCUT2D eigenvalue weighted by atomic mass is 16.5. The molecule has 3 heteroatoms. The van der Waals surface area contributed by atoms with Crippen molar-refractivity contribution in [3.8, 4) is 5.75 Å². The van der Waals surface area contributed by atoms with Crippen LogP contribution in [0.5, 0.6) is 5.75 Å². The third-order valence-corrected chi connectivity index (χ3v) is 6.10. The molecule has 1 saturated carbocycles. The predicted molar refractivity (Wildman–Crippen MR) is 98.4 cm³/mol. The fraction of sp³-hybridized carbons (Fsp3) is 0.714. The molecule has 0 spiro atoms. The minimum Gasteiger partial charge on any atom is -0.490 e. The SMILES string of the molecule is c1ccc(OC2CCCC2)c(CN2CCC[C@H](N3CCCC3)C2)c1. The molecule has 0 amide bonds. The molecule has 3 aliphatic rings. The highest BCUT2D eigenvalue weighted by Gasteiger charge is 2.27. The maximum Gasteiger partial charge on any atom is 0.124 e. The molecule has 3 nitrogen and oxygen atoms in total. The number of rotatable bonds is 5. The Labute approximate surface area is 147 Å². The van der Waals surface area contributed by atoms with Crippen molar-refractivity contribution in [3.63, 3.8) is 0 Å². The van der Waals surface area contributed by atoms with Gasteiger partial charge in [0.05, 0.1) is 6.10 Å². The second-order valence-corrected chi connectivity index (χ2v) is 7.91. The Bertz CT molecular complexity index is 520. The zero-order chi connectivity index (χ0) is 16.2. The molecule has 2 saturated heterocycles. The Morgan fingerprint density at radius 1 is 0.875 bits per heavy atom. The van der Waals surface area contributed by atoms with E-state index in [-0.39, 0.29) is 0 Å². The minimum absolute atomic E-state index is 0.449. The lowest BCUT2D eigenvalue weighted by atomic mass is 10.0. The van der Waals surface area contributed by atoms with Gasteiger partial charge in [0, 0.05) is 24.7 Å². The van der Waals surface area contributed by atoms with Crippen LogP contribution >= 0.6 is 0 Å². The third-order valence-electron chi connectivity index (χ3n) is 6.10. The summed E-state index contributed by atoms with van der Waals surface area (Å²) in [7, 11) is 0. The molecule has 0 N–H and O–H groups in total. The summed E-state index contributed by atoms with van der Waals surface area (Å²) >= 11 is 0. The Morgan fingerprint density at radius 3 is 2.50 bits per heavy atom. The first-order chi connectivity index (χ1) is 11.9. The number of hydrogen-bond donors (Lipinski definition) is 0. The van der Waals surface area contributed by atoms with Crippen LogP contribution in [0.3, 0.4) is 0 Å². The van der Waals surface area contributed by atoms with Crippen LogP contribution in [0.25, 0.3) is 0 Å². The van der Waals surface area contributed by atoms with E-state index in [1.165, 1.54) is 83.1 Å². The number of piperidine rings is 1. The number of benzene rings is 1. The first-order valence-electron chi connectivity index (χ1n) is 10.1. The van der Waals surface area contributed by atoms with Crippen LogP contribution in [-0.4, -0.2) is 48.1 Å². The Morgan fingerprint density at radius 2 is 1.67 bits per heavy atom. The lowest BCUT2D eigenvalue weighted by Crippen LogP contribution is -2.46. The van der Waals surface area contributed by atoms with Crippen LogP contribution in [0, 0.1) is 0 Å². The van der Waals surface area contributed by atoms with Crippen LogP contribution in [0.2, 0.25) is 0 Å². The molecule has 2 heterocycles. The van der Waals surface area contributed by atoms with Gasteiger partial charge in [-0.2, -0.15) is 0 Å². The van der Waals surface area contributed by atoms with Crippen LogP contribution < -0.4 is 4.74 Å². The van der Waals surface area contributed by atoms with Crippen molar-refractivity contribution in [1.29, 1.82) is 0 Å². The summed E-state index contributed by atoms with van der Waals surface area (Å²) in [6.07, 6.45) is 11.1. The topological polar surface area (TPSA) is 15.7 Å². The van der Waals surface area contributed by atoms with E-state index in [4.69, 9.17) is 4.74 Å². The van der Waals surface area contributed by atoms with Gasteiger partial charge in [0.25, 0.3) is 0 Å². The van der Waals surface area contributed by atoms with Crippen molar-refractivity contribution in [1.82, 2.24) is 9.80 Å². The first kappa shape index (κ1) is 16.4.